The van der Waals surface area contributed by atoms with Gasteiger partial charge in [-0.15, -0.1) is 0 Å². The third-order valence-electron chi connectivity index (χ3n) is 7.12. The van der Waals surface area contributed by atoms with Crippen LogP contribution in [0.3, 0.4) is 0 Å². The smallest absolute Gasteiger partial charge is 0.261 e. The van der Waals surface area contributed by atoms with Gasteiger partial charge in [0.25, 0.3) is 10.0 Å². The third-order valence-corrected chi connectivity index (χ3v) is 10.9. The number of aryl methyl sites for hydroxylation is 1. The number of aliphatic hydroxyl groups is 1. The lowest BCUT2D eigenvalue weighted by molar-refractivity contribution is 0.0904. The number of rotatable bonds is 7. The molecule has 0 radical (unpaired) electrons. The van der Waals surface area contributed by atoms with Gasteiger partial charge >= 0.3 is 0 Å². The van der Waals surface area contributed by atoms with Gasteiger partial charge in [-0.1, -0.05) is 19.1 Å². The van der Waals surface area contributed by atoms with E-state index in [4.69, 9.17) is 4.74 Å². The molecular weight excluding hydrogens is 516 g/mol. The minimum Gasteiger partial charge on any atom is -0.487 e. The summed E-state index contributed by atoms with van der Waals surface area (Å²) in [6.07, 6.45) is 8.46. The van der Waals surface area contributed by atoms with Crippen molar-refractivity contribution in [2.75, 3.05) is 26.7 Å². The highest BCUT2D eigenvalue weighted by atomic mass is 32.2. The summed E-state index contributed by atoms with van der Waals surface area (Å²) in [5.41, 5.74) is 2.05. The van der Waals surface area contributed by atoms with Crippen LogP contribution in [-0.4, -0.2) is 79.0 Å². The zero-order valence-electron chi connectivity index (χ0n) is 21.7. The zero-order chi connectivity index (χ0) is 27.0. The highest BCUT2D eigenvalue weighted by Crippen LogP contribution is 2.37. The molecule has 1 aliphatic carbocycles. The Labute approximate surface area is 219 Å². The van der Waals surface area contributed by atoms with E-state index in [9.17, 15) is 21.9 Å². The fourth-order valence-electron chi connectivity index (χ4n) is 4.78. The number of fused-ring (bicyclic) bond motifs is 1. The van der Waals surface area contributed by atoms with E-state index >= 15 is 0 Å². The van der Waals surface area contributed by atoms with Crippen LogP contribution in [-0.2, 0) is 27.1 Å². The van der Waals surface area contributed by atoms with Gasteiger partial charge in [0.15, 0.2) is 5.03 Å². The maximum Gasteiger partial charge on any atom is 0.261 e. The predicted molar refractivity (Wildman–Crippen MR) is 140 cm³/mol. The van der Waals surface area contributed by atoms with E-state index in [0.717, 1.165) is 36.8 Å². The first-order valence-corrected chi connectivity index (χ1v) is 15.4. The number of hydrogen-bond donors (Lipinski definition) is 1. The molecule has 1 aliphatic heterocycles. The first-order chi connectivity index (χ1) is 17.4. The van der Waals surface area contributed by atoms with Gasteiger partial charge in [-0.25, -0.2) is 21.8 Å². The fraction of sp³-hybridized carbons (Fsp3) is 0.560. The van der Waals surface area contributed by atoms with Crippen LogP contribution in [0.2, 0.25) is 0 Å². The van der Waals surface area contributed by atoms with Crippen molar-refractivity contribution in [3.63, 3.8) is 0 Å². The summed E-state index contributed by atoms with van der Waals surface area (Å²) in [6, 6.07) is 4.46. The van der Waals surface area contributed by atoms with Crippen LogP contribution in [0.5, 0.6) is 5.75 Å². The number of nitrogens with zero attached hydrogens (tertiary/aromatic N) is 4. The first-order valence-electron chi connectivity index (χ1n) is 12.5. The Morgan fingerprint density at radius 1 is 1.30 bits per heavy atom. The van der Waals surface area contributed by atoms with Gasteiger partial charge in [0, 0.05) is 38.8 Å². The maximum atomic E-state index is 13.7. The quantitative estimate of drug-likeness (QED) is 0.560. The molecule has 1 aromatic heterocycles. The third kappa shape index (κ3) is 5.63. The molecule has 0 spiro atoms. The molecule has 2 heterocycles. The average molecular weight is 553 g/mol. The highest BCUT2D eigenvalue weighted by molar-refractivity contribution is 7.89. The Morgan fingerprint density at radius 2 is 2.05 bits per heavy atom. The molecule has 37 heavy (non-hydrogen) atoms. The largest absolute Gasteiger partial charge is 0.487 e. The van der Waals surface area contributed by atoms with E-state index in [2.05, 4.69) is 11.1 Å². The topological polar surface area (TPSA) is 122 Å². The van der Waals surface area contributed by atoms with Crippen molar-refractivity contribution in [1.29, 1.82) is 0 Å². The maximum absolute atomic E-state index is 13.7. The molecule has 12 heteroatoms. The van der Waals surface area contributed by atoms with Gasteiger partial charge in [-0.2, -0.15) is 8.61 Å². The van der Waals surface area contributed by atoms with Crippen LogP contribution in [0.25, 0.3) is 5.57 Å². The van der Waals surface area contributed by atoms with Crippen molar-refractivity contribution >= 4 is 25.6 Å². The lowest BCUT2D eigenvalue weighted by Crippen LogP contribution is -2.50. The van der Waals surface area contributed by atoms with Crippen LogP contribution in [0.4, 0.5) is 0 Å². The molecule has 2 aromatic rings. The second-order valence-electron chi connectivity index (χ2n) is 10.0. The van der Waals surface area contributed by atoms with E-state index in [1.54, 1.807) is 36.7 Å². The number of aliphatic hydroxyl groups excluding tert-OH is 1. The Hall–Kier alpha value is -2.25. The van der Waals surface area contributed by atoms with Gasteiger partial charge in [0.05, 0.1) is 19.5 Å². The SMILES string of the molecule is C[C@@H]1CN([C@@H](C)CO)S(=O)(=O)c2ccc(C3=CCCCC3)cc2O[C@@H]1CN(C)S(=O)(=O)c1cn(C)cn1. The Bertz CT molecular complexity index is 1370. The predicted octanol–water partition coefficient (Wildman–Crippen LogP) is 2.47. The van der Waals surface area contributed by atoms with E-state index in [0.29, 0.717) is 0 Å². The molecule has 3 atom stereocenters. The Morgan fingerprint density at radius 3 is 2.68 bits per heavy atom. The molecule has 0 bridgehead atoms. The number of benzene rings is 1. The van der Waals surface area contributed by atoms with Crippen molar-refractivity contribution in [2.24, 2.45) is 13.0 Å². The summed E-state index contributed by atoms with van der Waals surface area (Å²) in [6.45, 7) is 3.20. The van der Waals surface area contributed by atoms with Crippen molar-refractivity contribution in [3.05, 3.63) is 42.4 Å². The number of imidazole rings is 1. The van der Waals surface area contributed by atoms with Crippen LogP contribution in [0.1, 0.15) is 45.1 Å². The molecule has 0 saturated heterocycles. The van der Waals surface area contributed by atoms with Crippen molar-refractivity contribution < 1.29 is 26.7 Å². The highest BCUT2D eigenvalue weighted by Gasteiger charge is 2.39. The van der Waals surface area contributed by atoms with E-state index in [-0.39, 0.29) is 41.3 Å². The number of likely N-dealkylation sites (N-methyl/N-ethyl adjacent to an activating group) is 1. The van der Waals surface area contributed by atoms with Crippen molar-refractivity contribution in [3.8, 4) is 5.75 Å². The minimum absolute atomic E-state index is 0.00612. The summed E-state index contributed by atoms with van der Waals surface area (Å²) in [5, 5.41) is 9.77. The summed E-state index contributed by atoms with van der Waals surface area (Å²) in [5.74, 6) is -0.185. The molecule has 0 fully saturated rings. The Balaban J connectivity index is 1.75. The summed E-state index contributed by atoms with van der Waals surface area (Å²) < 4.78 is 64.1. The van der Waals surface area contributed by atoms with Crippen LogP contribution >= 0.6 is 0 Å². The Kier molecular flexibility index (Phi) is 8.15. The van der Waals surface area contributed by atoms with Crippen molar-refractivity contribution in [2.45, 2.75) is 61.6 Å². The average Bonchev–Trinajstić information content (AvgIpc) is 3.33. The van der Waals surface area contributed by atoms with Gasteiger partial charge in [0.1, 0.15) is 16.7 Å². The zero-order valence-corrected chi connectivity index (χ0v) is 23.4. The van der Waals surface area contributed by atoms with Crippen LogP contribution < -0.4 is 4.74 Å². The monoisotopic (exact) mass is 552 g/mol. The number of ether oxygens (including phenoxy) is 1. The second-order valence-corrected chi connectivity index (χ2v) is 13.9. The van der Waals surface area contributed by atoms with Gasteiger partial charge in [0.2, 0.25) is 10.0 Å². The second kappa shape index (κ2) is 10.9. The molecule has 0 amide bonds. The normalized spacial score (nSPS) is 23.5. The first kappa shape index (κ1) is 27.8. The molecule has 10 nitrogen and oxygen atoms in total. The van der Waals surface area contributed by atoms with Gasteiger partial charge in [-0.05, 0) is 55.9 Å². The molecule has 1 aromatic carbocycles. The molecule has 4 rings (SSSR count). The lowest BCUT2D eigenvalue weighted by atomic mass is 9.93. The van der Waals surface area contributed by atoms with E-state index < -0.39 is 32.2 Å². The standard InChI is InChI=1S/C25H36N4O6S2/c1-18-13-29(19(2)16-30)36(31,32)24-11-10-21(20-8-6-5-7-9-20)12-22(24)35-23(18)14-28(4)37(33,34)25-15-27(3)17-26-25/h8,10-12,15,17-19,23,30H,5-7,9,13-14,16H2,1-4H3/t18-,19+,23-/m1/s1. The molecule has 204 valence electrons. The molecule has 1 N–H and O–H groups in total. The summed E-state index contributed by atoms with van der Waals surface area (Å²) in [7, 11) is -4.69. The number of aromatic nitrogens is 2. The number of allylic oxidation sites excluding steroid dienone is 2. The molecular formula is C25H36N4O6S2. The van der Waals surface area contributed by atoms with E-state index in [1.807, 2.05) is 6.92 Å². The van der Waals surface area contributed by atoms with Gasteiger partial charge in [-0.3, -0.25) is 0 Å². The van der Waals surface area contributed by atoms with Gasteiger partial charge < -0.3 is 14.4 Å². The molecule has 0 saturated carbocycles. The number of sulfonamides is 2. The molecule has 0 unspecified atom stereocenters. The minimum atomic E-state index is -3.97. The molecule has 2 aliphatic rings. The summed E-state index contributed by atoms with van der Waals surface area (Å²) >= 11 is 0. The van der Waals surface area contributed by atoms with Crippen LogP contribution in [0, 0.1) is 5.92 Å². The summed E-state index contributed by atoms with van der Waals surface area (Å²) in [4.78, 5) is 4.00. The van der Waals surface area contributed by atoms with E-state index in [1.165, 1.54) is 28.2 Å². The van der Waals surface area contributed by atoms with Crippen LogP contribution in [0.15, 0.2) is 46.7 Å². The van der Waals surface area contributed by atoms with Crippen molar-refractivity contribution in [1.82, 2.24) is 18.2 Å². The number of hydrogen-bond acceptors (Lipinski definition) is 7. The lowest BCUT2D eigenvalue weighted by Gasteiger charge is -2.37. The fourth-order valence-corrected chi connectivity index (χ4v) is 7.74.